The van der Waals surface area contributed by atoms with E-state index >= 15 is 0 Å². The quantitative estimate of drug-likeness (QED) is 0.849. The molecule has 22 heavy (non-hydrogen) atoms. The first-order valence-corrected chi connectivity index (χ1v) is 7.74. The molecule has 3 heteroatoms. The Kier molecular flexibility index (Phi) is 6.01. The lowest BCUT2D eigenvalue weighted by molar-refractivity contribution is -0.128. The summed E-state index contributed by atoms with van der Waals surface area (Å²) in [6.45, 7) is 4.60. The third kappa shape index (κ3) is 4.92. The van der Waals surface area contributed by atoms with Crippen LogP contribution in [0.15, 0.2) is 54.6 Å². The van der Waals surface area contributed by atoms with E-state index in [9.17, 15) is 4.79 Å². The van der Waals surface area contributed by atoms with Crippen molar-refractivity contribution in [2.75, 3.05) is 6.54 Å². The van der Waals surface area contributed by atoms with Crippen molar-refractivity contribution in [3.8, 4) is 5.75 Å². The predicted octanol–water partition coefficient (Wildman–Crippen LogP) is 3.51. The van der Waals surface area contributed by atoms with Crippen LogP contribution in [-0.4, -0.2) is 18.6 Å². The lowest BCUT2D eigenvalue weighted by atomic mass is 10.1. The van der Waals surface area contributed by atoms with Gasteiger partial charge < -0.3 is 10.1 Å². The normalized spacial score (nSPS) is 11.7. The minimum absolute atomic E-state index is 0.0565. The van der Waals surface area contributed by atoms with E-state index in [1.165, 1.54) is 11.1 Å². The molecule has 0 fully saturated rings. The molecule has 0 saturated carbocycles. The fourth-order valence-electron chi connectivity index (χ4n) is 2.19. The van der Waals surface area contributed by atoms with E-state index in [4.69, 9.17) is 4.74 Å². The van der Waals surface area contributed by atoms with Crippen molar-refractivity contribution in [3.05, 3.63) is 65.7 Å². The lowest BCUT2D eigenvalue weighted by Gasteiger charge is -2.17. The zero-order valence-corrected chi connectivity index (χ0v) is 13.2. The average Bonchev–Trinajstić information content (AvgIpc) is 2.55. The van der Waals surface area contributed by atoms with Crippen LogP contribution in [0, 0.1) is 6.92 Å². The van der Waals surface area contributed by atoms with Crippen LogP contribution >= 0.6 is 0 Å². The van der Waals surface area contributed by atoms with Crippen LogP contribution < -0.4 is 10.1 Å². The van der Waals surface area contributed by atoms with E-state index in [0.717, 1.165) is 12.2 Å². The summed E-state index contributed by atoms with van der Waals surface area (Å²) in [6, 6.07) is 17.9. The second kappa shape index (κ2) is 8.23. The molecule has 0 aliphatic rings. The summed E-state index contributed by atoms with van der Waals surface area (Å²) < 4.78 is 5.77. The number of benzene rings is 2. The number of nitrogens with one attached hydrogen (secondary N) is 1. The minimum Gasteiger partial charge on any atom is -0.481 e. The summed E-state index contributed by atoms with van der Waals surface area (Å²) in [4.78, 5) is 12.2. The molecule has 1 N–H and O–H groups in total. The van der Waals surface area contributed by atoms with Gasteiger partial charge in [0, 0.05) is 6.54 Å². The molecule has 2 rings (SSSR count). The van der Waals surface area contributed by atoms with E-state index in [-0.39, 0.29) is 5.91 Å². The molecule has 3 nitrogen and oxygen atoms in total. The number of ether oxygens (including phenoxy) is 1. The molecule has 2 aromatic carbocycles. The summed E-state index contributed by atoms with van der Waals surface area (Å²) in [5.41, 5.74) is 2.39. The van der Waals surface area contributed by atoms with Crippen LogP contribution in [0.2, 0.25) is 0 Å². The Morgan fingerprint density at radius 1 is 1.09 bits per heavy atom. The highest BCUT2D eigenvalue weighted by Crippen LogP contribution is 2.14. The van der Waals surface area contributed by atoms with Gasteiger partial charge in [0.2, 0.25) is 0 Å². The molecule has 0 spiro atoms. The van der Waals surface area contributed by atoms with Crippen molar-refractivity contribution >= 4 is 5.91 Å². The first-order valence-electron chi connectivity index (χ1n) is 7.74. The summed E-state index contributed by atoms with van der Waals surface area (Å²) in [5.74, 6) is 0.676. The number of aryl methyl sites for hydroxylation is 1. The molecule has 0 aliphatic carbocycles. The molecule has 116 valence electrons. The van der Waals surface area contributed by atoms with Crippen LogP contribution in [0.1, 0.15) is 24.5 Å². The van der Waals surface area contributed by atoms with Gasteiger partial charge in [-0.3, -0.25) is 4.79 Å². The smallest absolute Gasteiger partial charge is 0.261 e. The number of rotatable bonds is 7. The molecule has 1 amide bonds. The Morgan fingerprint density at radius 3 is 2.41 bits per heavy atom. The van der Waals surface area contributed by atoms with Crippen molar-refractivity contribution in [1.29, 1.82) is 0 Å². The standard InChI is InChI=1S/C19H23NO2/c1-3-18(22-17-11-9-15(2)10-12-17)19(21)20-14-13-16-7-5-4-6-8-16/h4-12,18H,3,13-14H2,1-2H3,(H,20,21). The van der Waals surface area contributed by atoms with Crippen LogP contribution in [0.3, 0.4) is 0 Å². The van der Waals surface area contributed by atoms with E-state index in [1.54, 1.807) is 0 Å². The third-order valence-electron chi connectivity index (χ3n) is 3.52. The summed E-state index contributed by atoms with van der Waals surface area (Å²) >= 11 is 0. The van der Waals surface area contributed by atoms with E-state index in [2.05, 4.69) is 17.4 Å². The van der Waals surface area contributed by atoms with Gasteiger partial charge in [-0.1, -0.05) is 55.0 Å². The second-order valence-corrected chi connectivity index (χ2v) is 5.35. The number of carbonyl (C=O) groups is 1. The van der Waals surface area contributed by atoms with Crippen LogP contribution in [0.5, 0.6) is 5.75 Å². The fraction of sp³-hybridized carbons (Fsp3) is 0.316. The molecule has 1 unspecified atom stereocenters. The topological polar surface area (TPSA) is 38.3 Å². The van der Waals surface area contributed by atoms with Gasteiger partial charge in [-0.25, -0.2) is 0 Å². The molecule has 2 aromatic rings. The van der Waals surface area contributed by atoms with Gasteiger partial charge in [0.25, 0.3) is 5.91 Å². The minimum atomic E-state index is -0.446. The van der Waals surface area contributed by atoms with Gasteiger partial charge in [0.05, 0.1) is 0 Å². The van der Waals surface area contributed by atoms with E-state index in [1.807, 2.05) is 56.3 Å². The number of amides is 1. The maximum Gasteiger partial charge on any atom is 0.261 e. The molecule has 1 atom stereocenters. The number of carbonyl (C=O) groups excluding carboxylic acids is 1. The van der Waals surface area contributed by atoms with Crippen molar-refractivity contribution in [3.63, 3.8) is 0 Å². The predicted molar refractivity (Wildman–Crippen MR) is 89.0 cm³/mol. The Morgan fingerprint density at radius 2 is 1.77 bits per heavy atom. The Balaban J connectivity index is 1.82. The Hall–Kier alpha value is -2.29. The van der Waals surface area contributed by atoms with Crippen LogP contribution in [0.25, 0.3) is 0 Å². The second-order valence-electron chi connectivity index (χ2n) is 5.35. The molecule has 0 aromatic heterocycles. The third-order valence-corrected chi connectivity index (χ3v) is 3.52. The highest BCUT2D eigenvalue weighted by molar-refractivity contribution is 5.81. The molecular formula is C19H23NO2. The van der Waals surface area contributed by atoms with E-state index < -0.39 is 6.10 Å². The summed E-state index contributed by atoms with van der Waals surface area (Å²) in [5, 5.41) is 2.95. The van der Waals surface area contributed by atoms with E-state index in [0.29, 0.717) is 13.0 Å². The Bertz CT molecular complexity index is 578. The van der Waals surface area contributed by atoms with Crippen molar-refractivity contribution in [2.45, 2.75) is 32.8 Å². The molecule has 0 aliphatic heterocycles. The fourth-order valence-corrected chi connectivity index (χ4v) is 2.19. The average molecular weight is 297 g/mol. The van der Waals surface area contributed by atoms with Gasteiger partial charge in [-0.05, 0) is 37.5 Å². The number of hydrogen-bond donors (Lipinski definition) is 1. The van der Waals surface area contributed by atoms with Crippen LogP contribution in [0.4, 0.5) is 0 Å². The van der Waals surface area contributed by atoms with Gasteiger partial charge >= 0.3 is 0 Å². The highest BCUT2D eigenvalue weighted by atomic mass is 16.5. The van der Waals surface area contributed by atoms with Gasteiger partial charge in [0.15, 0.2) is 6.10 Å². The highest BCUT2D eigenvalue weighted by Gasteiger charge is 2.17. The van der Waals surface area contributed by atoms with Gasteiger partial charge in [0.1, 0.15) is 5.75 Å². The lowest BCUT2D eigenvalue weighted by Crippen LogP contribution is -2.38. The Labute approximate surface area is 132 Å². The molecule has 0 bridgehead atoms. The maximum atomic E-state index is 12.2. The zero-order valence-electron chi connectivity index (χ0n) is 13.2. The number of hydrogen-bond acceptors (Lipinski definition) is 2. The summed E-state index contributed by atoms with van der Waals surface area (Å²) in [6.07, 6.45) is 1.02. The monoisotopic (exact) mass is 297 g/mol. The maximum absolute atomic E-state index is 12.2. The first-order chi connectivity index (χ1) is 10.7. The zero-order chi connectivity index (χ0) is 15.8. The molecule has 0 saturated heterocycles. The largest absolute Gasteiger partial charge is 0.481 e. The van der Waals surface area contributed by atoms with Gasteiger partial charge in [-0.2, -0.15) is 0 Å². The first kappa shape index (κ1) is 16.1. The molecule has 0 radical (unpaired) electrons. The SMILES string of the molecule is CCC(Oc1ccc(C)cc1)C(=O)NCCc1ccccc1. The van der Waals surface area contributed by atoms with Crippen molar-refractivity contribution in [1.82, 2.24) is 5.32 Å². The van der Waals surface area contributed by atoms with Gasteiger partial charge in [-0.15, -0.1) is 0 Å². The summed E-state index contributed by atoms with van der Waals surface area (Å²) in [7, 11) is 0. The van der Waals surface area contributed by atoms with Crippen molar-refractivity contribution < 1.29 is 9.53 Å². The van der Waals surface area contributed by atoms with Crippen LogP contribution in [-0.2, 0) is 11.2 Å². The molecular weight excluding hydrogens is 274 g/mol. The molecule has 0 heterocycles. The van der Waals surface area contributed by atoms with Crippen molar-refractivity contribution in [2.24, 2.45) is 0 Å².